The van der Waals surface area contributed by atoms with E-state index < -0.39 is 5.97 Å². The largest absolute Gasteiger partial charge is 0.507 e. The van der Waals surface area contributed by atoms with Crippen molar-refractivity contribution in [3.8, 4) is 5.75 Å². The molecular weight excluding hydrogens is 266 g/mol. The Bertz CT molecular complexity index is 758. The van der Waals surface area contributed by atoms with Crippen molar-refractivity contribution in [2.75, 3.05) is 0 Å². The normalized spacial score (nSPS) is 16.0. The lowest BCUT2D eigenvalue weighted by atomic mass is 10.1. The molecule has 0 saturated carbocycles. The van der Waals surface area contributed by atoms with Crippen LogP contribution in [0, 0.1) is 6.92 Å². The van der Waals surface area contributed by atoms with Gasteiger partial charge in [-0.25, -0.2) is 9.79 Å². The summed E-state index contributed by atoms with van der Waals surface area (Å²) in [7, 11) is 0. The van der Waals surface area contributed by atoms with Crippen LogP contribution in [0.2, 0.25) is 0 Å². The second-order valence-corrected chi connectivity index (χ2v) is 4.76. The molecule has 0 unspecified atom stereocenters. The smallest absolute Gasteiger partial charge is 0.363 e. The number of ether oxygens (including phenoxy) is 1. The van der Waals surface area contributed by atoms with Crippen molar-refractivity contribution in [3.05, 3.63) is 70.9 Å². The van der Waals surface area contributed by atoms with E-state index in [2.05, 4.69) is 4.99 Å². The second-order valence-electron chi connectivity index (χ2n) is 4.76. The van der Waals surface area contributed by atoms with E-state index in [1.165, 1.54) is 6.07 Å². The summed E-state index contributed by atoms with van der Waals surface area (Å²) in [5.41, 5.74) is 2.63. The molecule has 0 aliphatic carbocycles. The summed E-state index contributed by atoms with van der Waals surface area (Å²) in [4.78, 5) is 16.0. The molecule has 0 spiro atoms. The molecular formula is C17H13NO3. The van der Waals surface area contributed by atoms with E-state index in [1.807, 2.05) is 31.2 Å². The standard InChI is InChI=1S/C17H13NO3/c1-11-6-8-12(9-7-11)10-14-17(20)21-16(18-14)13-4-2-3-5-15(13)19/h2-10,19H,1H3/b14-10+. The zero-order valence-electron chi connectivity index (χ0n) is 11.4. The molecule has 4 heteroatoms. The fourth-order valence-corrected chi connectivity index (χ4v) is 2.00. The zero-order chi connectivity index (χ0) is 14.8. The van der Waals surface area contributed by atoms with Gasteiger partial charge in [0, 0.05) is 0 Å². The predicted octanol–water partition coefficient (Wildman–Crippen LogP) is 3.05. The summed E-state index contributed by atoms with van der Waals surface area (Å²) in [5.74, 6) is -0.370. The van der Waals surface area contributed by atoms with Crippen molar-refractivity contribution >= 4 is 17.9 Å². The second kappa shape index (κ2) is 5.25. The maximum Gasteiger partial charge on any atom is 0.363 e. The Morgan fingerprint density at radius 2 is 1.81 bits per heavy atom. The maximum absolute atomic E-state index is 11.9. The molecule has 1 aliphatic heterocycles. The number of benzene rings is 2. The lowest BCUT2D eigenvalue weighted by Crippen LogP contribution is -2.05. The minimum Gasteiger partial charge on any atom is -0.507 e. The molecule has 2 aromatic carbocycles. The van der Waals surface area contributed by atoms with E-state index in [-0.39, 0.29) is 17.3 Å². The van der Waals surface area contributed by atoms with E-state index >= 15 is 0 Å². The van der Waals surface area contributed by atoms with Gasteiger partial charge in [-0.05, 0) is 30.7 Å². The number of phenolic OH excluding ortho intramolecular Hbond substituents is 1. The minimum atomic E-state index is -0.520. The van der Waals surface area contributed by atoms with Crippen LogP contribution >= 0.6 is 0 Å². The maximum atomic E-state index is 11.9. The Hall–Kier alpha value is -2.88. The highest BCUT2D eigenvalue weighted by Gasteiger charge is 2.25. The van der Waals surface area contributed by atoms with Crippen LogP contribution in [0.3, 0.4) is 0 Å². The van der Waals surface area contributed by atoms with Crippen molar-refractivity contribution in [2.24, 2.45) is 4.99 Å². The number of nitrogens with zero attached hydrogens (tertiary/aromatic N) is 1. The van der Waals surface area contributed by atoms with Gasteiger partial charge in [-0.1, -0.05) is 42.0 Å². The number of aliphatic imine (C=N–C) groups is 1. The molecule has 104 valence electrons. The van der Waals surface area contributed by atoms with Gasteiger partial charge in [0.2, 0.25) is 5.90 Å². The number of cyclic esters (lactones) is 1. The van der Waals surface area contributed by atoms with Crippen LogP contribution in [0.15, 0.2) is 59.2 Å². The molecule has 0 amide bonds. The van der Waals surface area contributed by atoms with Gasteiger partial charge < -0.3 is 9.84 Å². The Kier molecular flexibility index (Phi) is 3.28. The van der Waals surface area contributed by atoms with Crippen LogP contribution in [-0.4, -0.2) is 17.0 Å². The van der Waals surface area contributed by atoms with E-state index in [1.54, 1.807) is 24.3 Å². The van der Waals surface area contributed by atoms with Crippen molar-refractivity contribution in [1.82, 2.24) is 0 Å². The van der Waals surface area contributed by atoms with Gasteiger partial charge in [-0.15, -0.1) is 0 Å². The first-order chi connectivity index (χ1) is 10.1. The van der Waals surface area contributed by atoms with Gasteiger partial charge in [-0.3, -0.25) is 0 Å². The molecule has 4 nitrogen and oxygen atoms in total. The number of hydrogen-bond donors (Lipinski definition) is 1. The number of hydrogen-bond acceptors (Lipinski definition) is 4. The Morgan fingerprint density at radius 3 is 2.52 bits per heavy atom. The van der Waals surface area contributed by atoms with Gasteiger partial charge in [0.15, 0.2) is 5.70 Å². The Balaban J connectivity index is 1.96. The summed E-state index contributed by atoms with van der Waals surface area (Å²) >= 11 is 0. The van der Waals surface area contributed by atoms with Crippen LogP contribution in [-0.2, 0) is 9.53 Å². The van der Waals surface area contributed by atoms with Gasteiger partial charge >= 0.3 is 5.97 Å². The van der Waals surface area contributed by atoms with E-state index in [0.29, 0.717) is 5.56 Å². The number of rotatable bonds is 2. The third-order valence-corrected chi connectivity index (χ3v) is 3.14. The first-order valence-corrected chi connectivity index (χ1v) is 6.51. The summed E-state index contributed by atoms with van der Waals surface area (Å²) in [6.45, 7) is 2.00. The molecule has 0 atom stereocenters. The highest BCUT2D eigenvalue weighted by Crippen LogP contribution is 2.24. The molecule has 0 aromatic heterocycles. The SMILES string of the molecule is Cc1ccc(/C=C2/N=C(c3ccccc3O)OC2=O)cc1. The minimum absolute atomic E-state index is 0.0284. The van der Waals surface area contributed by atoms with Crippen LogP contribution in [0.1, 0.15) is 16.7 Å². The summed E-state index contributed by atoms with van der Waals surface area (Å²) in [5, 5.41) is 9.77. The van der Waals surface area contributed by atoms with E-state index in [0.717, 1.165) is 11.1 Å². The van der Waals surface area contributed by atoms with E-state index in [4.69, 9.17) is 4.74 Å². The molecule has 3 rings (SSSR count). The monoisotopic (exact) mass is 279 g/mol. The van der Waals surface area contributed by atoms with Crippen molar-refractivity contribution in [3.63, 3.8) is 0 Å². The number of esters is 1. The Morgan fingerprint density at radius 1 is 1.10 bits per heavy atom. The molecule has 0 saturated heterocycles. The number of phenols is 1. The number of aryl methyl sites for hydroxylation is 1. The Labute approximate surface area is 122 Å². The number of carbonyl (C=O) groups is 1. The summed E-state index contributed by atoms with van der Waals surface area (Å²) < 4.78 is 5.12. The third kappa shape index (κ3) is 2.69. The van der Waals surface area contributed by atoms with Gasteiger partial charge in [0.1, 0.15) is 5.75 Å². The highest BCUT2D eigenvalue weighted by atomic mass is 16.6. The molecule has 0 bridgehead atoms. The average Bonchev–Trinajstić information content (AvgIpc) is 2.83. The van der Waals surface area contributed by atoms with Gasteiger partial charge in [0.25, 0.3) is 0 Å². The summed E-state index contributed by atoms with van der Waals surface area (Å²) in [6.07, 6.45) is 1.66. The highest BCUT2D eigenvalue weighted by molar-refractivity contribution is 6.13. The predicted molar refractivity (Wildman–Crippen MR) is 79.9 cm³/mol. The zero-order valence-corrected chi connectivity index (χ0v) is 11.4. The molecule has 0 radical (unpaired) electrons. The summed E-state index contributed by atoms with van der Waals surface area (Å²) in [6, 6.07) is 14.3. The fraction of sp³-hybridized carbons (Fsp3) is 0.0588. The van der Waals surface area contributed by atoms with Crippen molar-refractivity contribution in [2.45, 2.75) is 6.92 Å². The quantitative estimate of drug-likeness (QED) is 0.679. The molecule has 1 heterocycles. The lowest BCUT2D eigenvalue weighted by Gasteiger charge is -2.01. The van der Waals surface area contributed by atoms with Crippen molar-refractivity contribution < 1.29 is 14.6 Å². The molecule has 2 aromatic rings. The average molecular weight is 279 g/mol. The molecule has 1 aliphatic rings. The van der Waals surface area contributed by atoms with Crippen LogP contribution in [0.25, 0.3) is 6.08 Å². The first-order valence-electron chi connectivity index (χ1n) is 6.51. The van der Waals surface area contributed by atoms with Crippen LogP contribution in [0.4, 0.5) is 0 Å². The first kappa shape index (κ1) is 13.1. The number of carbonyl (C=O) groups excluding carboxylic acids is 1. The molecule has 1 N–H and O–H groups in total. The van der Waals surface area contributed by atoms with Crippen molar-refractivity contribution in [1.29, 1.82) is 0 Å². The van der Waals surface area contributed by atoms with Gasteiger partial charge in [-0.2, -0.15) is 0 Å². The lowest BCUT2D eigenvalue weighted by molar-refractivity contribution is -0.129. The number of para-hydroxylation sites is 1. The van der Waals surface area contributed by atoms with Crippen LogP contribution in [0.5, 0.6) is 5.75 Å². The molecule has 21 heavy (non-hydrogen) atoms. The van der Waals surface area contributed by atoms with Crippen LogP contribution < -0.4 is 0 Å². The fourth-order valence-electron chi connectivity index (χ4n) is 2.00. The van der Waals surface area contributed by atoms with Gasteiger partial charge in [0.05, 0.1) is 5.56 Å². The van der Waals surface area contributed by atoms with E-state index in [9.17, 15) is 9.90 Å². The third-order valence-electron chi connectivity index (χ3n) is 3.14. The number of aromatic hydroxyl groups is 1. The molecule has 0 fully saturated rings. The topological polar surface area (TPSA) is 58.9 Å².